The van der Waals surface area contributed by atoms with E-state index in [-0.39, 0.29) is 43.5 Å². The molecule has 3 saturated heterocycles. The topological polar surface area (TPSA) is 252 Å². The van der Waals surface area contributed by atoms with Crippen molar-refractivity contribution in [2.24, 2.45) is 23.5 Å². The number of hydrogen-bond acceptors (Lipinski definition) is 15. The van der Waals surface area contributed by atoms with E-state index < -0.39 is 73.7 Å². The molecule has 3 rings (SSSR count). The maximum absolute atomic E-state index is 11.0. The van der Waals surface area contributed by atoms with E-state index in [0.29, 0.717) is 0 Å². The summed E-state index contributed by atoms with van der Waals surface area (Å²) in [6.07, 6.45) is -7.08. The SMILES string of the molecule is COC1OC(CO)C(C)C(O)C1N.COC1OC(CO)C(C)C(O)C1NC(C)=O.COC1OC(CO)C(C)C(O)C1O. The summed E-state index contributed by atoms with van der Waals surface area (Å²) in [4.78, 5) is 11.0. The zero-order valence-corrected chi connectivity index (χ0v) is 25.3. The van der Waals surface area contributed by atoms with E-state index in [1.807, 2.05) is 0 Å². The van der Waals surface area contributed by atoms with Gasteiger partial charge in [-0.05, 0) is 0 Å². The molecule has 16 nitrogen and oxygen atoms in total. The molecule has 16 heteroatoms. The van der Waals surface area contributed by atoms with E-state index in [1.165, 1.54) is 28.3 Å². The second-order valence-electron chi connectivity index (χ2n) is 10.7. The second kappa shape index (κ2) is 18.7. The van der Waals surface area contributed by atoms with Crippen LogP contribution < -0.4 is 11.1 Å². The lowest BCUT2D eigenvalue weighted by Gasteiger charge is -2.42. The number of carbonyl (C=O) groups excluding carboxylic acids is 1. The zero-order valence-electron chi connectivity index (χ0n) is 25.3. The van der Waals surface area contributed by atoms with Crippen LogP contribution in [0.1, 0.15) is 27.7 Å². The Labute approximate surface area is 246 Å². The normalized spacial score (nSPS) is 43.7. The summed E-state index contributed by atoms with van der Waals surface area (Å²) in [5.74, 6) is -1.00. The summed E-state index contributed by atoms with van der Waals surface area (Å²) in [5.41, 5.74) is 5.66. The van der Waals surface area contributed by atoms with Gasteiger partial charge in [-0.3, -0.25) is 4.79 Å². The van der Waals surface area contributed by atoms with E-state index in [9.17, 15) is 25.2 Å². The Kier molecular flexibility index (Phi) is 17.3. The third-order valence-corrected chi connectivity index (χ3v) is 7.91. The summed E-state index contributed by atoms with van der Waals surface area (Å²) in [7, 11) is 4.27. The Balaban J connectivity index is 0.000000318. The molecule has 0 spiro atoms. The smallest absolute Gasteiger partial charge is 0.217 e. The average Bonchev–Trinajstić information content (AvgIpc) is 2.98. The minimum Gasteiger partial charge on any atom is -0.394 e. The highest BCUT2D eigenvalue weighted by atomic mass is 16.7. The van der Waals surface area contributed by atoms with Crippen LogP contribution in [0.15, 0.2) is 0 Å². The van der Waals surface area contributed by atoms with Gasteiger partial charge in [-0.2, -0.15) is 0 Å². The number of aliphatic hydroxyl groups is 7. The largest absolute Gasteiger partial charge is 0.394 e. The highest BCUT2D eigenvalue weighted by Gasteiger charge is 2.44. The molecule has 0 aromatic heterocycles. The molecule has 0 aliphatic carbocycles. The van der Waals surface area contributed by atoms with Crippen molar-refractivity contribution in [3.8, 4) is 0 Å². The molecule has 42 heavy (non-hydrogen) atoms. The lowest BCUT2D eigenvalue weighted by molar-refractivity contribution is -0.280. The van der Waals surface area contributed by atoms with Crippen LogP contribution in [-0.4, -0.2) is 156 Å². The van der Waals surface area contributed by atoms with Crippen LogP contribution in [0.5, 0.6) is 0 Å². The van der Waals surface area contributed by atoms with Crippen LogP contribution >= 0.6 is 0 Å². The van der Waals surface area contributed by atoms with E-state index in [2.05, 4.69) is 5.32 Å². The summed E-state index contributed by atoms with van der Waals surface area (Å²) < 4.78 is 30.7. The van der Waals surface area contributed by atoms with Crippen LogP contribution in [0.3, 0.4) is 0 Å². The molecule has 3 aliphatic rings. The molecule has 0 aromatic carbocycles. The fraction of sp³-hybridized carbons (Fsp3) is 0.962. The molecule has 15 atom stereocenters. The van der Waals surface area contributed by atoms with Gasteiger partial charge in [0.25, 0.3) is 0 Å². The number of amides is 1. The Hall–Kier alpha value is -1.09. The second-order valence-corrected chi connectivity index (χ2v) is 10.7. The molecule has 3 aliphatic heterocycles. The third kappa shape index (κ3) is 9.97. The van der Waals surface area contributed by atoms with Gasteiger partial charge in [0.1, 0.15) is 12.1 Å². The maximum Gasteiger partial charge on any atom is 0.217 e. The van der Waals surface area contributed by atoms with E-state index in [0.717, 1.165) is 0 Å². The number of nitrogens with two attached hydrogens (primary N) is 1. The molecule has 0 radical (unpaired) electrons. The van der Waals surface area contributed by atoms with Crippen LogP contribution in [0, 0.1) is 17.8 Å². The quantitative estimate of drug-likeness (QED) is 0.133. The molecular formula is C26H52N2O14. The van der Waals surface area contributed by atoms with Gasteiger partial charge >= 0.3 is 0 Å². The summed E-state index contributed by atoms with van der Waals surface area (Å²) in [6, 6.07) is -1.16. The molecule has 10 N–H and O–H groups in total. The van der Waals surface area contributed by atoms with Crippen molar-refractivity contribution in [1.29, 1.82) is 0 Å². The molecule has 3 heterocycles. The standard InChI is InChI=1S/C10H19NO5.C8H17NO4.C8H16O5/c1-5-7(4-12)16-10(15-3)8(9(5)14)11-6(2)13;1-4-5(3-10)13-8(12-2)6(9)7(4)11;1-4-5(3-9)13-8(12-2)7(11)6(4)10/h5,7-10,12,14H,4H2,1-3H3,(H,11,13);4-8,10-11H,3,9H2,1-2H3;4-11H,3H2,1-2H3. The van der Waals surface area contributed by atoms with Gasteiger partial charge in [0.15, 0.2) is 18.9 Å². The van der Waals surface area contributed by atoms with Crippen LogP contribution in [0.4, 0.5) is 0 Å². The van der Waals surface area contributed by atoms with Crippen LogP contribution in [0.2, 0.25) is 0 Å². The van der Waals surface area contributed by atoms with Crippen molar-refractivity contribution in [3.05, 3.63) is 0 Å². The number of methoxy groups -OCH3 is 3. The number of aliphatic hydroxyl groups excluding tert-OH is 7. The lowest BCUT2D eigenvalue weighted by Crippen LogP contribution is -2.61. The fourth-order valence-corrected chi connectivity index (χ4v) is 4.90. The first-order valence-electron chi connectivity index (χ1n) is 13.9. The summed E-state index contributed by atoms with van der Waals surface area (Å²) >= 11 is 0. The summed E-state index contributed by atoms with van der Waals surface area (Å²) in [5, 5.41) is 68.1. The van der Waals surface area contributed by atoms with Gasteiger partial charge in [-0.1, -0.05) is 20.8 Å². The van der Waals surface area contributed by atoms with Crippen molar-refractivity contribution < 1.29 is 69.0 Å². The van der Waals surface area contributed by atoms with Crippen LogP contribution in [0.25, 0.3) is 0 Å². The first-order chi connectivity index (χ1) is 19.7. The Bertz CT molecular complexity index is 691. The fourth-order valence-electron chi connectivity index (χ4n) is 4.90. The van der Waals surface area contributed by atoms with Gasteiger partial charge in [-0.15, -0.1) is 0 Å². The Morgan fingerprint density at radius 2 is 1.05 bits per heavy atom. The van der Waals surface area contributed by atoms with Crippen molar-refractivity contribution in [2.45, 2.75) is 101 Å². The average molecular weight is 617 g/mol. The van der Waals surface area contributed by atoms with Crippen molar-refractivity contribution in [3.63, 3.8) is 0 Å². The minimum absolute atomic E-state index is 0.134. The molecule has 3 fully saturated rings. The molecule has 15 unspecified atom stereocenters. The van der Waals surface area contributed by atoms with Crippen molar-refractivity contribution in [1.82, 2.24) is 5.32 Å². The number of carbonyl (C=O) groups is 1. The van der Waals surface area contributed by atoms with Gasteiger partial charge in [-0.25, -0.2) is 0 Å². The van der Waals surface area contributed by atoms with Gasteiger partial charge in [0, 0.05) is 46.0 Å². The summed E-state index contributed by atoms with van der Waals surface area (Å²) in [6.45, 7) is 6.10. The van der Waals surface area contributed by atoms with E-state index in [4.69, 9.17) is 49.5 Å². The van der Waals surface area contributed by atoms with Gasteiger partial charge < -0.3 is 75.2 Å². The Morgan fingerprint density at radius 3 is 1.45 bits per heavy atom. The van der Waals surface area contributed by atoms with E-state index >= 15 is 0 Å². The van der Waals surface area contributed by atoms with Crippen molar-refractivity contribution in [2.75, 3.05) is 41.2 Å². The molecule has 0 saturated carbocycles. The number of hydrogen-bond donors (Lipinski definition) is 9. The minimum atomic E-state index is -1.05. The monoisotopic (exact) mass is 616 g/mol. The number of nitrogens with one attached hydrogen (secondary N) is 1. The molecule has 0 aromatic rings. The van der Waals surface area contributed by atoms with Crippen LogP contribution in [-0.2, 0) is 33.2 Å². The van der Waals surface area contributed by atoms with Gasteiger partial charge in [0.05, 0.1) is 62.5 Å². The third-order valence-electron chi connectivity index (χ3n) is 7.91. The first kappa shape index (κ1) is 38.9. The number of rotatable bonds is 7. The molecular weight excluding hydrogens is 564 g/mol. The lowest BCUT2D eigenvalue weighted by atomic mass is 9.89. The maximum atomic E-state index is 11.0. The highest BCUT2D eigenvalue weighted by molar-refractivity contribution is 5.73. The predicted molar refractivity (Wildman–Crippen MR) is 145 cm³/mol. The predicted octanol–water partition coefficient (Wildman–Crippen LogP) is -3.77. The van der Waals surface area contributed by atoms with Crippen molar-refractivity contribution >= 4 is 5.91 Å². The first-order valence-corrected chi connectivity index (χ1v) is 13.9. The highest BCUT2D eigenvalue weighted by Crippen LogP contribution is 2.27. The molecule has 0 bridgehead atoms. The Morgan fingerprint density at radius 1 is 0.667 bits per heavy atom. The van der Waals surface area contributed by atoms with Gasteiger partial charge in [0.2, 0.25) is 5.91 Å². The molecule has 1 amide bonds. The van der Waals surface area contributed by atoms with E-state index in [1.54, 1.807) is 20.8 Å². The number of ether oxygens (including phenoxy) is 6. The zero-order chi connectivity index (χ0) is 32.3. The molecule has 250 valence electrons.